The standard InChI is InChI=1S/C54H30N4/c1-3-14-31(15-4-1)55-43-23-10-8-19-34(43)40-27-47-42(29-46(40)55)52-51-37-20-9-12-25-45(37)56(32-16-5-2-6-17-32)50(51)28-41-39-26-38-36-22-13-21-35-33-18-7-11-24-44(33)57(53(35)36)48(38)30-49(39)58(47)54(41)52/h1-30H/i1D,2D,3D,4D,5D,6D,14D,15D,16D,17D. The molecule has 6 aromatic heterocycles. The zero-order valence-corrected chi connectivity index (χ0v) is 30.3. The number of benzene rings is 9. The molecule has 0 unspecified atom stereocenters. The fourth-order valence-electron chi connectivity index (χ4n) is 10.6. The second kappa shape index (κ2) is 10.1. The Morgan fingerprint density at radius 2 is 0.776 bits per heavy atom. The van der Waals surface area contributed by atoms with Gasteiger partial charge in [-0.15, -0.1) is 0 Å². The van der Waals surface area contributed by atoms with Crippen molar-refractivity contribution >= 4 is 120 Å². The molecule has 0 bridgehead atoms. The Hall–Kier alpha value is -7.82. The molecule has 15 rings (SSSR count). The van der Waals surface area contributed by atoms with E-state index in [1.165, 1.54) is 10.8 Å². The van der Waals surface area contributed by atoms with Crippen molar-refractivity contribution in [2.45, 2.75) is 0 Å². The van der Waals surface area contributed by atoms with Gasteiger partial charge in [0.25, 0.3) is 0 Å². The van der Waals surface area contributed by atoms with Crippen LogP contribution >= 0.6 is 0 Å². The van der Waals surface area contributed by atoms with Crippen molar-refractivity contribution in [1.29, 1.82) is 0 Å². The number of aromatic nitrogens is 4. The first-order valence-corrected chi connectivity index (χ1v) is 19.3. The SMILES string of the molecule is [2H]c1c([2H])c([2H])c(-n2c3ccccc3c3cc4c(cc32)c2c3c5ccccc5n(-c5c([2H])c([2H])c([2H])c([2H])c5[2H])c3cc3c5cc6c7cccc8c9ccccc9n(c6cc5n4c32)c87)c([2H])c1[2H]. The molecular weight excluding hydrogens is 705 g/mol. The first kappa shape index (κ1) is 22.1. The van der Waals surface area contributed by atoms with Crippen molar-refractivity contribution in [3.63, 3.8) is 0 Å². The van der Waals surface area contributed by atoms with Gasteiger partial charge in [0, 0.05) is 76.0 Å². The smallest absolute Gasteiger partial charge is 0.0645 e. The number of hydrogen-bond donors (Lipinski definition) is 0. The molecule has 0 radical (unpaired) electrons. The van der Waals surface area contributed by atoms with Crippen LogP contribution in [0.5, 0.6) is 0 Å². The lowest BCUT2D eigenvalue weighted by molar-refractivity contribution is 1.18. The third kappa shape index (κ3) is 3.34. The number of para-hydroxylation sites is 6. The van der Waals surface area contributed by atoms with Crippen LogP contribution < -0.4 is 0 Å². The van der Waals surface area contributed by atoms with E-state index in [4.69, 9.17) is 11.0 Å². The van der Waals surface area contributed by atoms with Crippen LogP contribution in [0.1, 0.15) is 13.7 Å². The maximum atomic E-state index is 9.25. The normalized spacial score (nSPS) is 15.2. The minimum absolute atomic E-state index is 0.0475. The molecule has 15 aromatic rings. The van der Waals surface area contributed by atoms with Crippen LogP contribution in [0.3, 0.4) is 0 Å². The molecule has 0 aliphatic heterocycles. The maximum Gasteiger partial charge on any atom is 0.0645 e. The molecule has 4 nitrogen and oxygen atoms in total. The highest BCUT2D eigenvalue weighted by atomic mass is 15.0. The van der Waals surface area contributed by atoms with Gasteiger partial charge in [-0.1, -0.05) is 109 Å². The number of rotatable bonds is 2. The summed E-state index contributed by atoms with van der Waals surface area (Å²) in [7, 11) is 0. The zero-order valence-electron chi connectivity index (χ0n) is 40.3. The lowest BCUT2D eigenvalue weighted by atomic mass is 10.0. The first-order valence-electron chi connectivity index (χ1n) is 24.3. The van der Waals surface area contributed by atoms with E-state index in [9.17, 15) is 2.74 Å². The first-order chi connectivity index (χ1) is 33.0. The van der Waals surface area contributed by atoms with Gasteiger partial charge in [0.05, 0.1) is 68.9 Å². The van der Waals surface area contributed by atoms with Crippen LogP contribution in [0.15, 0.2) is 182 Å². The summed E-state index contributed by atoms with van der Waals surface area (Å²) in [5, 5.41) is 11.5. The van der Waals surface area contributed by atoms with Crippen LogP contribution in [-0.2, 0) is 0 Å². The van der Waals surface area contributed by atoms with Gasteiger partial charge in [0.2, 0.25) is 0 Å². The van der Waals surface area contributed by atoms with Crippen molar-refractivity contribution in [2.75, 3.05) is 0 Å². The topological polar surface area (TPSA) is 18.7 Å². The van der Waals surface area contributed by atoms with E-state index in [0.29, 0.717) is 22.1 Å². The molecule has 0 N–H and O–H groups in total. The van der Waals surface area contributed by atoms with Crippen LogP contribution in [0.25, 0.3) is 131 Å². The minimum atomic E-state index is -0.469. The number of hydrogen-bond acceptors (Lipinski definition) is 0. The lowest BCUT2D eigenvalue weighted by Crippen LogP contribution is -1.93. The zero-order chi connectivity index (χ0) is 46.1. The molecule has 0 saturated heterocycles. The summed E-state index contributed by atoms with van der Waals surface area (Å²) in [5.41, 5.74) is 8.85. The molecule has 0 amide bonds. The summed E-state index contributed by atoms with van der Waals surface area (Å²) >= 11 is 0. The van der Waals surface area contributed by atoms with Gasteiger partial charge in [0.1, 0.15) is 0 Å². The maximum absolute atomic E-state index is 9.25. The van der Waals surface area contributed by atoms with E-state index in [1.807, 2.05) is 53.1 Å². The van der Waals surface area contributed by atoms with E-state index in [2.05, 4.69) is 81.6 Å². The van der Waals surface area contributed by atoms with E-state index in [-0.39, 0.29) is 35.5 Å². The quantitative estimate of drug-likeness (QED) is 0.168. The largest absolute Gasteiger partial charge is 0.309 e. The average molecular weight is 745 g/mol. The predicted octanol–water partition coefficient (Wildman–Crippen LogP) is 14.2. The molecule has 0 atom stereocenters. The van der Waals surface area contributed by atoms with Crippen molar-refractivity contribution in [3.05, 3.63) is 182 Å². The fourth-order valence-corrected chi connectivity index (χ4v) is 10.6. The summed E-state index contributed by atoms with van der Waals surface area (Å²) in [4.78, 5) is 0. The van der Waals surface area contributed by atoms with Gasteiger partial charge in [-0.3, -0.25) is 0 Å². The highest BCUT2D eigenvalue weighted by Gasteiger charge is 2.27. The Bertz CT molecular complexity index is 4810. The highest BCUT2D eigenvalue weighted by molar-refractivity contribution is 6.38. The third-order valence-electron chi connectivity index (χ3n) is 12.7. The lowest BCUT2D eigenvalue weighted by Gasteiger charge is -2.09. The van der Waals surface area contributed by atoms with Gasteiger partial charge in [0.15, 0.2) is 0 Å². The van der Waals surface area contributed by atoms with Crippen LogP contribution in [0.4, 0.5) is 0 Å². The van der Waals surface area contributed by atoms with Crippen LogP contribution in [0, 0.1) is 0 Å². The molecule has 6 heterocycles. The number of fused-ring (bicyclic) bond motifs is 19. The molecule has 266 valence electrons. The molecule has 0 fully saturated rings. The summed E-state index contributed by atoms with van der Waals surface area (Å²) in [6, 6.07) is 37.4. The average Bonchev–Trinajstić information content (AvgIpc) is 4.19. The molecule has 4 heteroatoms. The summed E-state index contributed by atoms with van der Waals surface area (Å²) in [6.45, 7) is 0. The van der Waals surface area contributed by atoms with Crippen LogP contribution in [-0.4, -0.2) is 17.9 Å². The molecule has 0 aliphatic carbocycles. The van der Waals surface area contributed by atoms with Crippen molar-refractivity contribution in [3.8, 4) is 11.4 Å². The van der Waals surface area contributed by atoms with E-state index in [1.54, 1.807) is 4.57 Å². The van der Waals surface area contributed by atoms with E-state index in [0.717, 1.165) is 87.0 Å². The van der Waals surface area contributed by atoms with E-state index < -0.39 is 36.3 Å². The molecular formula is C54H30N4. The molecule has 0 saturated carbocycles. The van der Waals surface area contributed by atoms with Crippen LogP contribution in [0.2, 0.25) is 0 Å². The Morgan fingerprint density at radius 3 is 1.50 bits per heavy atom. The highest BCUT2D eigenvalue weighted by Crippen LogP contribution is 2.50. The van der Waals surface area contributed by atoms with Gasteiger partial charge in [-0.05, 0) is 72.7 Å². The number of nitrogens with zero attached hydrogens (tertiary/aromatic N) is 4. The molecule has 0 aliphatic rings. The second-order valence-electron chi connectivity index (χ2n) is 15.4. The summed E-state index contributed by atoms with van der Waals surface area (Å²) in [5.74, 6) is 0. The Kier molecular flexibility index (Phi) is 3.85. The molecule has 9 aromatic carbocycles. The Balaban J connectivity index is 1.22. The minimum Gasteiger partial charge on any atom is -0.309 e. The van der Waals surface area contributed by atoms with Crippen molar-refractivity contribution in [2.24, 2.45) is 0 Å². The molecule has 0 spiro atoms. The Labute approximate surface area is 343 Å². The van der Waals surface area contributed by atoms with Gasteiger partial charge in [-0.25, -0.2) is 0 Å². The van der Waals surface area contributed by atoms with Crippen molar-refractivity contribution in [1.82, 2.24) is 17.9 Å². The van der Waals surface area contributed by atoms with Gasteiger partial charge >= 0.3 is 0 Å². The molecule has 58 heavy (non-hydrogen) atoms. The third-order valence-corrected chi connectivity index (χ3v) is 12.7. The summed E-state index contributed by atoms with van der Waals surface area (Å²) < 4.78 is 96.9. The van der Waals surface area contributed by atoms with E-state index >= 15 is 0 Å². The monoisotopic (exact) mass is 744 g/mol. The second-order valence-corrected chi connectivity index (χ2v) is 15.4. The summed E-state index contributed by atoms with van der Waals surface area (Å²) in [6.07, 6.45) is 0. The fraction of sp³-hybridized carbons (Fsp3) is 0. The predicted molar refractivity (Wildman–Crippen MR) is 244 cm³/mol. The Morgan fingerprint density at radius 1 is 0.293 bits per heavy atom. The van der Waals surface area contributed by atoms with Gasteiger partial charge in [-0.2, -0.15) is 0 Å². The van der Waals surface area contributed by atoms with Gasteiger partial charge < -0.3 is 17.9 Å². The van der Waals surface area contributed by atoms with Crippen molar-refractivity contribution < 1.29 is 13.7 Å².